The van der Waals surface area contributed by atoms with Crippen LogP contribution in [-0.2, 0) is 11.8 Å². The van der Waals surface area contributed by atoms with Gasteiger partial charge in [-0.3, -0.25) is 0 Å². The highest BCUT2D eigenvalue weighted by atomic mass is 14.9. The molecule has 0 saturated heterocycles. The third-order valence-corrected chi connectivity index (χ3v) is 3.20. The van der Waals surface area contributed by atoms with Crippen molar-refractivity contribution in [2.24, 2.45) is 0 Å². The molecule has 2 heteroatoms. The van der Waals surface area contributed by atoms with Crippen LogP contribution in [0.3, 0.4) is 0 Å². The first kappa shape index (κ1) is 9.63. The molecule has 0 atom stereocenters. The summed E-state index contributed by atoms with van der Waals surface area (Å²) in [6.07, 6.45) is 3.67. The van der Waals surface area contributed by atoms with Crippen molar-refractivity contribution in [1.29, 1.82) is 0 Å². The van der Waals surface area contributed by atoms with Crippen LogP contribution in [0.4, 0.5) is 0 Å². The maximum absolute atomic E-state index is 4.62. The summed E-state index contributed by atoms with van der Waals surface area (Å²) in [5, 5.41) is 0. The topological polar surface area (TPSA) is 25.8 Å². The average Bonchev–Trinajstić information content (AvgIpc) is 2.06. The molecule has 0 N–H and O–H groups in total. The lowest BCUT2D eigenvalue weighted by Crippen LogP contribution is -2.27. The molecule has 1 aliphatic rings. The summed E-state index contributed by atoms with van der Waals surface area (Å²) in [5.74, 6) is 0.913. The molecule has 0 aromatic carbocycles. The molecule has 2 nitrogen and oxygen atoms in total. The fraction of sp³-hybridized carbons (Fsp3) is 0.667. The molecule has 0 fully saturated rings. The molecule has 0 bridgehead atoms. The van der Waals surface area contributed by atoms with Crippen molar-refractivity contribution in [3.8, 4) is 0 Å². The first-order valence-electron chi connectivity index (χ1n) is 5.35. The van der Waals surface area contributed by atoms with Gasteiger partial charge in [0.15, 0.2) is 0 Å². The van der Waals surface area contributed by atoms with Crippen molar-refractivity contribution in [1.82, 2.24) is 9.97 Å². The minimum absolute atomic E-state index is 0.242. The summed E-state index contributed by atoms with van der Waals surface area (Å²) in [5.41, 5.74) is 4.10. The van der Waals surface area contributed by atoms with E-state index in [1.807, 2.05) is 6.92 Å². The molecule has 76 valence electrons. The molecular weight excluding hydrogens is 172 g/mol. The summed E-state index contributed by atoms with van der Waals surface area (Å²) in [7, 11) is 0. The van der Waals surface area contributed by atoms with Crippen LogP contribution >= 0.6 is 0 Å². The SMILES string of the molecule is Cc1nc(C)c2c(n1)C(C)(C)CCC2. The summed E-state index contributed by atoms with van der Waals surface area (Å²) in [6, 6.07) is 0. The minimum atomic E-state index is 0.242. The second kappa shape index (κ2) is 3.04. The maximum Gasteiger partial charge on any atom is 0.125 e. The van der Waals surface area contributed by atoms with Crippen molar-refractivity contribution < 1.29 is 0 Å². The smallest absolute Gasteiger partial charge is 0.125 e. The Morgan fingerprint density at radius 3 is 2.57 bits per heavy atom. The van der Waals surface area contributed by atoms with Crippen molar-refractivity contribution in [3.63, 3.8) is 0 Å². The number of aryl methyl sites for hydroxylation is 2. The quantitative estimate of drug-likeness (QED) is 0.628. The molecule has 2 rings (SSSR count). The number of fused-ring (bicyclic) bond motifs is 1. The van der Waals surface area contributed by atoms with E-state index in [-0.39, 0.29) is 5.41 Å². The van der Waals surface area contributed by atoms with Gasteiger partial charge in [0.05, 0.1) is 5.69 Å². The molecule has 0 amide bonds. The minimum Gasteiger partial charge on any atom is -0.238 e. The zero-order chi connectivity index (χ0) is 10.3. The van der Waals surface area contributed by atoms with Crippen LogP contribution in [0.2, 0.25) is 0 Å². The predicted molar refractivity (Wildman–Crippen MR) is 57.5 cm³/mol. The van der Waals surface area contributed by atoms with Gasteiger partial charge in [-0.15, -0.1) is 0 Å². The van der Waals surface area contributed by atoms with E-state index >= 15 is 0 Å². The third-order valence-electron chi connectivity index (χ3n) is 3.20. The van der Waals surface area contributed by atoms with Gasteiger partial charge in [-0.1, -0.05) is 13.8 Å². The monoisotopic (exact) mass is 190 g/mol. The Balaban J connectivity index is 2.63. The standard InChI is InChI=1S/C12H18N2/c1-8-10-6-5-7-12(3,4)11(10)14-9(2)13-8/h5-7H2,1-4H3. The van der Waals surface area contributed by atoms with Gasteiger partial charge in [-0.2, -0.15) is 0 Å². The number of hydrogen-bond acceptors (Lipinski definition) is 2. The zero-order valence-electron chi connectivity index (χ0n) is 9.52. The van der Waals surface area contributed by atoms with Crippen molar-refractivity contribution in [2.75, 3.05) is 0 Å². The largest absolute Gasteiger partial charge is 0.238 e. The Bertz CT molecular complexity index is 367. The lowest BCUT2D eigenvalue weighted by molar-refractivity contribution is 0.413. The second-order valence-electron chi connectivity index (χ2n) is 4.92. The van der Waals surface area contributed by atoms with Crippen molar-refractivity contribution in [2.45, 2.75) is 52.4 Å². The summed E-state index contributed by atoms with van der Waals surface area (Å²) in [4.78, 5) is 9.06. The van der Waals surface area contributed by atoms with Crippen LogP contribution in [0.5, 0.6) is 0 Å². The molecule has 0 radical (unpaired) electrons. The van der Waals surface area contributed by atoms with E-state index in [2.05, 4.69) is 30.7 Å². The lowest BCUT2D eigenvalue weighted by Gasteiger charge is -2.31. The molecule has 0 unspecified atom stereocenters. The molecule has 1 heterocycles. The van der Waals surface area contributed by atoms with E-state index in [0.29, 0.717) is 0 Å². The van der Waals surface area contributed by atoms with Crippen molar-refractivity contribution in [3.05, 3.63) is 22.8 Å². The number of nitrogens with zero attached hydrogens (tertiary/aromatic N) is 2. The summed E-state index contributed by atoms with van der Waals surface area (Å²) in [6.45, 7) is 8.67. The highest BCUT2D eigenvalue weighted by Gasteiger charge is 2.30. The maximum atomic E-state index is 4.62. The van der Waals surface area contributed by atoms with Gasteiger partial charge in [-0.25, -0.2) is 9.97 Å². The normalized spacial score (nSPS) is 19.1. The zero-order valence-corrected chi connectivity index (χ0v) is 9.52. The predicted octanol–water partition coefficient (Wildman–Crippen LogP) is 2.71. The van der Waals surface area contributed by atoms with Gasteiger partial charge >= 0.3 is 0 Å². The van der Waals surface area contributed by atoms with Gasteiger partial charge < -0.3 is 0 Å². The molecule has 0 aliphatic heterocycles. The Kier molecular flexibility index (Phi) is 2.09. The van der Waals surface area contributed by atoms with E-state index in [4.69, 9.17) is 0 Å². The number of rotatable bonds is 0. The highest BCUT2D eigenvalue weighted by molar-refractivity contribution is 5.32. The van der Waals surface area contributed by atoms with E-state index in [1.165, 1.54) is 29.8 Å². The van der Waals surface area contributed by atoms with Crippen LogP contribution in [0.25, 0.3) is 0 Å². The fourth-order valence-corrected chi connectivity index (χ4v) is 2.42. The first-order valence-corrected chi connectivity index (χ1v) is 5.35. The van der Waals surface area contributed by atoms with E-state index in [0.717, 1.165) is 12.2 Å². The van der Waals surface area contributed by atoms with Crippen LogP contribution in [0.1, 0.15) is 49.5 Å². The van der Waals surface area contributed by atoms with E-state index < -0.39 is 0 Å². The highest BCUT2D eigenvalue weighted by Crippen LogP contribution is 2.36. The van der Waals surface area contributed by atoms with Gasteiger partial charge in [0.25, 0.3) is 0 Å². The lowest BCUT2D eigenvalue weighted by atomic mass is 9.75. The Morgan fingerprint density at radius 2 is 1.86 bits per heavy atom. The molecule has 1 aromatic rings. The first-order chi connectivity index (χ1) is 6.50. The Hall–Kier alpha value is -0.920. The Labute approximate surface area is 85.8 Å². The second-order valence-corrected chi connectivity index (χ2v) is 4.92. The van der Waals surface area contributed by atoms with Gasteiger partial charge in [0.2, 0.25) is 0 Å². The molecule has 14 heavy (non-hydrogen) atoms. The number of hydrogen-bond donors (Lipinski definition) is 0. The summed E-state index contributed by atoms with van der Waals surface area (Å²) >= 11 is 0. The van der Waals surface area contributed by atoms with Gasteiger partial charge in [-0.05, 0) is 38.7 Å². The fourth-order valence-electron chi connectivity index (χ4n) is 2.42. The molecular formula is C12H18N2. The van der Waals surface area contributed by atoms with E-state index in [1.54, 1.807) is 0 Å². The Morgan fingerprint density at radius 1 is 1.14 bits per heavy atom. The van der Waals surface area contributed by atoms with Crippen LogP contribution in [0, 0.1) is 13.8 Å². The third kappa shape index (κ3) is 1.43. The molecule has 1 aromatic heterocycles. The molecule has 0 saturated carbocycles. The molecule has 0 spiro atoms. The molecule has 1 aliphatic carbocycles. The van der Waals surface area contributed by atoms with Crippen LogP contribution in [0.15, 0.2) is 0 Å². The van der Waals surface area contributed by atoms with Crippen LogP contribution in [-0.4, -0.2) is 9.97 Å². The van der Waals surface area contributed by atoms with Gasteiger partial charge in [0.1, 0.15) is 5.82 Å². The number of aromatic nitrogens is 2. The van der Waals surface area contributed by atoms with Crippen molar-refractivity contribution >= 4 is 0 Å². The van der Waals surface area contributed by atoms with E-state index in [9.17, 15) is 0 Å². The van der Waals surface area contributed by atoms with Crippen LogP contribution < -0.4 is 0 Å². The van der Waals surface area contributed by atoms with Gasteiger partial charge in [0, 0.05) is 11.1 Å². The average molecular weight is 190 g/mol. The summed E-state index contributed by atoms with van der Waals surface area (Å²) < 4.78 is 0.